The highest BCUT2D eigenvalue weighted by molar-refractivity contribution is 5.99. The molecular formula is C13H17N3O. The van der Waals surface area contributed by atoms with Gasteiger partial charge in [0.1, 0.15) is 5.82 Å². The number of fused-ring (bicyclic) bond motifs is 1. The van der Waals surface area contributed by atoms with Gasteiger partial charge in [-0.25, -0.2) is 4.98 Å². The molecule has 0 saturated heterocycles. The van der Waals surface area contributed by atoms with Crippen LogP contribution in [0.3, 0.4) is 0 Å². The zero-order chi connectivity index (χ0) is 11.9. The molecule has 4 heteroatoms. The Balaban J connectivity index is 1.96. The molecule has 1 spiro atoms. The lowest BCUT2D eigenvalue weighted by atomic mass is 9.85. The predicted octanol–water partition coefficient (Wildman–Crippen LogP) is 2.31. The van der Waals surface area contributed by atoms with Crippen LogP contribution < -0.4 is 10.6 Å². The van der Waals surface area contributed by atoms with Gasteiger partial charge in [0.15, 0.2) is 0 Å². The molecule has 1 aliphatic carbocycles. The minimum Gasteiger partial charge on any atom is -0.367 e. The maximum Gasteiger partial charge on any atom is 0.232 e. The molecule has 0 bridgehead atoms. The molecule has 1 amide bonds. The molecule has 1 aromatic heterocycles. The number of amides is 1. The van der Waals surface area contributed by atoms with Crippen LogP contribution in [-0.2, 0) is 4.79 Å². The zero-order valence-electron chi connectivity index (χ0n) is 10.0. The fraction of sp³-hybridized carbons (Fsp3) is 0.538. The molecule has 0 atom stereocenters. The van der Waals surface area contributed by atoms with Crippen molar-refractivity contribution in [3.63, 3.8) is 0 Å². The van der Waals surface area contributed by atoms with Crippen LogP contribution in [0.15, 0.2) is 12.3 Å². The molecule has 1 aliphatic heterocycles. The Morgan fingerprint density at radius 1 is 1.35 bits per heavy atom. The van der Waals surface area contributed by atoms with Gasteiger partial charge in [0, 0.05) is 12.7 Å². The van der Waals surface area contributed by atoms with Crippen molar-refractivity contribution in [2.24, 2.45) is 5.41 Å². The Kier molecular flexibility index (Phi) is 2.31. The number of hydrogen-bond donors (Lipinski definition) is 2. The fourth-order valence-corrected chi connectivity index (χ4v) is 2.85. The van der Waals surface area contributed by atoms with Gasteiger partial charge in [-0.3, -0.25) is 4.79 Å². The number of rotatable bonds is 0. The Morgan fingerprint density at radius 3 is 2.88 bits per heavy atom. The van der Waals surface area contributed by atoms with Crippen LogP contribution in [0.5, 0.6) is 0 Å². The van der Waals surface area contributed by atoms with Gasteiger partial charge >= 0.3 is 0 Å². The highest BCUT2D eigenvalue weighted by Gasteiger charge is 2.42. The highest BCUT2D eigenvalue weighted by atomic mass is 16.2. The second-order valence-corrected chi connectivity index (χ2v) is 5.20. The van der Waals surface area contributed by atoms with E-state index in [1.807, 2.05) is 19.2 Å². The Labute approximate surface area is 101 Å². The molecule has 0 aromatic carbocycles. The topological polar surface area (TPSA) is 54.0 Å². The third-order valence-electron chi connectivity index (χ3n) is 3.91. The molecule has 2 aliphatic rings. The summed E-state index contributed by atoms with van der Waals surface area (Å²) < 4.78 is 0. The van der Waals surface area contributed by atoms with Gasteiger partial charge in [-0.1, -0.05) is 12.8 Å². The van der Waals surface area contributed by atoms with Crippen LogP contribution in [0.2, 0.25) is 0 Å². The number of nitrogens with one attached hydrogen (secondary N) is 2. The van der Waals surface area contributed by atoms with E-state index in [1.54, 1.807) is 0 Å². The van der Waals surface area contributed by atoms with Crippen molar-refractivity contribution in [2.75, 3.05) is 17.2 Å². The largest absolute Gasteiger partial charge is 0.367 e. The van der Waals surface area contributed by atoms with Crippen LogP contribution in [0.1, 0.15) is 31.2 Å². The Hall–Kier alpha value is -1.58. The molecule has 4 nitrogen and oxygen atoms in total. The first-order chi connectivity index (χ1) is 8.20. The van der Waals surface area contributed by atoms with Gasteiger partial charge in [-0.05, 0) is 31.4 Å². The lowest BCUT2D eigenvalue weighted by Gasteiger charge is -2.24. The summed E-state index contributed by atoms with van der Waals surface area (Å²) in [6, 6.07) is 1.97. The van der Waals surface area contributed by atoms with Crippen molar-refractivity contribution in [1.29, 1.82) is 0 Å². The summed E-state index contributed by atoms with van der Waals surface area (Å²) >= 11 is 0. The Bertz CT molecular complexity index is 464. The van der Waals surface area contributed by atoms with Gasteiger partial charge in [0.2, 0.25) is 5.91 Å². The SMILES string of the molecule is Cc1cnc2c(c1)NC(=O)C1(CCCC1)CN2. The van der Waals surface area contributed by atoms with Crippen LogP contribution in [0.4, 0.5) is 11.5 Å². The van der Waals surface area contributed by atoms with E-state index >= 15 is 0 Å². The van der Waals surface area contributed by atoms with Crippen LogP contribution >= 0.6 is 0 Å². The van der Waals surface area contributed by atoms with Crippen LogP contribution in [-0.4, -0.2) is 17.4 Å². The predicted molar refractivity (Wildman–Crippen MR) is 67.0 cm³/mol. The summed E-state index contributed by atoms with van der Waals surface area (Å²) in [6.45, 7) is 2.69. The summed E-state index contributed by atoms with van der Waals surface area (Å²) in [4.78, 5) is 16.7. The molecular weight excluding hydrogens is 214 g/mol. The third-order valence-corrected chi connectivity index (χ3v) is 3.91. The van der Waals surface area contributed by atoms with Crippen molar-refractivity contribution in [3.8, 4) is 0 Å². The van der Waals surface area contributed by atoms with Gasteiger partial charge in [-0.15, -0.1) is 0 Å². The summed E-state index contributed by atoms with van der Waals surface area (Å²) in [7, 11) is 0. The van der Waals surface area contributed by atoms with E-state index in [4.69, 9.17) is 0 Å². The first-order valence-electron chi connectivity index (χ1n) is 6.22. The average molecular weight is 231 g/mol. The molecule has 1 saturated carbocycles. The summed E-state index contributed by atoms with van der Waals surface area (Å²) in [6.07, 6.45) is 6.10. The second-order valence-electron chi connectivity index (χ2n) is 5.20. The van der Waals surface area contributed by atoms with Crippen molar-refractivity contribution in [1.82, 2.24) is 4.98 Å². The number of pyridine rings is 1. The van der Waals surface area contributed by atoms with E-state index in [1.165, 1.54) is 0 Å². The van der Waals surface area contributed by atoms with E-state index < -0.39 is 0 Å². The minimum absolute atomic E-state index is 0.161. The van der Waals surface area contributed by atoms with E-state index in [0.29, 0.717) is 6.54 Å². The number of aromatic nitrogens is 1. The zero-order valence-corrected chi connectivity index (χ0v) is 10.0. The highest BCUT2D eigenvalue weighted by Crippen LogP contribution is 2.41. The van der Waals surface area contributed by atoms with Crippen LogP contribution in [0.25, 0.3) is 0 Å². The minimum atomic E-state index is -0.214. The maximum absolute atomic E-state index is 12.3. The summed E-state index contributed by atoms with van der Waals surface area (Å²) in [5.74, 6) is 0.960. The van der Waals surface area contributed by atoms with E-state index in [9.17, 15) is 4.79 Å². The second kappa shape index (κ2) is 3.72. The first kappa shape index (κ1) is 10.6. The number of nitrogens with zero attached hydrogens (tertiary/aromatic N) is 1. The van der Waals surface area contributed by atoms with Crippen molar-refractivity contribution >= 4 is 17.4 Å². The normalized spacial score (nSPS) is 21.6. The molecule has 0 radical (unpaired) electrons. The number of hydrogen-bond acceptors (Lipinski definition) is 3. The summed E-state index contributed by atoms with van der Waals surface area (Å²) in [5.41, 5.74) is 1.67. The van der Waals surface area contributed by atoms with Crippen molar-refractivity contribution in [3.05, 3.63) is 17.8 Å². The van der Waals surface area contributed by atoms with Gasteiger partial charge in [0.05, 0.1) is 11.1 Å². The lowest BCUT2D eigenvalue weighted by Crippen LogP contribution is -2.37. The van der Waals surface area contributed by atoms with Gasteiger partial charge < -0.3 is 10.6 Å². The third kappa shape index (κ3) is 1.68. The van der Waals surface area contributed by atoms with Crippen LogP contribution in [0, 0.1) is 12.3 Å². The molecule has 2 N–H and O–H groups in total. The van der Waals surface area contributed by atoms with E-state index in [0.717, 1.165) is 42.8 Å². The first-order valence-corrected chi connectivity index (χ1v) is 6.22. The van der Waals surface area contributed by atoms with Crippen molar-refractivity contribution in [2.45, 2.75) is 32.6 Å². The fourth-order valence-electron chi connectivity index (χ4n) is 2.85. The summed E-state index contributed by atoms with van der Waals surface area (Å²) in [5, 5.41) is 6.35. The molecule has 17 heavy (non-hydrogen) atoms. The van der Waals surface area contributed by atoms with E-state index in [-0.39, 0.29) is 11.3 Å². The lowest BCUT2D eigenvalue weighted by molar-refractivity contribution is -0.124. The van der Waals surface area contributed by atoms with Crippen molar-refractivity contribution < 1.29 is 4.79 Å². The molecule has 3 rings (SSSR count). The number of carbonyl (C=O) groups excluding carboxylic acids is 1. The number of aryl methyl sites for hydroxylation is 1. The monoisotopic (exact) mass is 231 g/mol. The van der Waals surface area contributed by atoms with Gasteiger partial charge in [-0.2, -0.15) is 0 Å². The molecule has 0 unspecified atom stereocenters. The maximum atomic E-state index is 12.3. The molecule has 1 fully saturated rings. The van der Waals surface area contributed by atoms with Gasteiger partial charge in [0.25, 0.3) is 0 Å². The smallest absolute Gasteiger partial charge is 0.232 e. The molecule has 2 heterocycles. The number of carbonyl (C=O) groups is 1. The Morgan fingerprint density at radius 2 is 2.12 bits per heavy atom. The average Bonchev–Trinajstić information content (AvgIpc) is 2.73. The quantitative estimate of drug-likeness (QED) is 0.720. The standard InChI is InChI=1S/C13H17N3O/c1-9-6-10-11(14-7-9)15-8-13(12(17)16-10)4-2-3-5-13/h6-7H,2-5,8H2,1H3,(H,14,15)(H,16,17). The molecule has 1 aromatic rings. The number of anilines is 2. The van der Waals surface area contributed by atoms with E-state index in [2.05, 4.69) is 15.6 Å². The molecule has 90 valence electrons.